The van der Waals surface area contributed by atoms with Crippen molar-refractivity contribution in [1.82, 2.24) is 4.90 Å². The van der Waals surface area contributed by atoms with E-state index in [1.807, 2.05) is 18.2 Å². The van der Waals surface area contributed by atoms with Crippen molar-refractivity contribution in [2.75, 3.05) is 26.2 Å². The van der Waals surface area contributed by atoms with E-state index in [2.05, 4.69) is 26.9 Å². The van der Waals surface area contributed by atoms with Gasteiger partial charge in [-0.25, -0.2) is 0 Å². The molecule has 0 atom stereocenters. The van der Waals surface area contributed by atoms with Crippen LogP contribution in [0.5, 0.6) is 0 Å². The van der Waals surface area contributed by atoms with Crippen LogP contribution < -0.4 is 5.73 Å². The number of hydrogen-bond donors (Lipinski definition) is 2. The molecule has 1 aromatic rings. The van der Waals surface area contributed by atoms with E-state index in [4.69, 9.17) is 5.73 Å². The Morgan fingerprint density at radius 1 is 1.28 bits per heavy atom. The minimum Gasteiger partial charge on any atom is -0.389 e. The van der Waals surface area contributed by atoms with Crippen LogP contribution in [0.1, 0.15) is 18.4 Å². The highest BCUT2D eigenvalue weighted by Crippen LogP contribution is 2.29. The lowest BCUT2D eigenvalue weighted by molar-refractivity contribution is -0.0200. The molecule has 1 saturated heterocycles. The summed E-state index contributed by atoms with van der Waals surface area (Å²) in [5, 5.41) is 10.7. The maximum Gasteiger partial charge on any atom is 0.0712 e. The summed E-state index contributed by atoms with van der Waals surface area (Å²) in [6.45, 7) is 3.52. The highest BCUT2D eigenvalue weighted by atomic mass is 79.9. The maximum atomic E-state index is 10.7. The second kappa shape index (κ2) is 6.15. The quantitative estimate of drug-likeness (QED) is 0.891. The van der Waals surface area contributed by atoms with Crippen LogP contribution in [0.2, 0.25) is 0 Å². The summed E-state index contributed by atoms with van der Waals surface area (Å²) in [6, 6.07) is 8.13. The highest BCUT2D eigenvalue weighted by molar-refractivity contribution is 9.10. The van der Waals surface area contributed by atoms with Crippen LogP contribution in [0.25, 0.3) is 0 Å². The summed E-state index contributed by atoms with van der Waals surface area (Å²) in [5.74, 6) is 0. The molecular formula is C14H21BrN2O. The first-order valence-corrected chi connectivity index (χ1v) is 7.30. The van der Waals surface area contributed by atoms with Crippen LogP contribution in [0.4, 0.5) is 0 Å². The molecule has 0 aliphatic carbocycles. The Morgan fingerprint density at radius 3 is 2.56 bits per heavy atom. The molecule has 18 heavy (non-hydrogen) atoms. The second-order valence-corrected chi connectivity index (χ2v) is 5.98. The van der Waals surface area contributed by atoms with Gasteiger partial charge in [-0.15, -0.1) is 0 Å². The molecule has 0 saturated carbocycles. The number of aliphatic hydroxyl groups is 1. The molecule has 1 fully saturated rings. The van der Waals surface area contributed by atoms with Crippen molar-refractivity contribution < 1.29 is 5.11 Å². The lowest BCUT2D eigenvalue weighted by Gasteiger charge is -2.38. The van der Waals surface area contributed by atoms with Crippen molar-refractivity contribution >= 4 is 15.9 Å². The topological polar surface area (TPSA) is 49.5 Å². The Hall–Kier alpha value is -0.420. The molecular weight excluding hydrogens is 292 g/mol. The van der Waals surface area contributed by atoms with Crippen LogP contribution in [0.15, 0.2) is 28.7 Å². The fraction of sp³-hybridized carbons (Fsp3) is 0.571. The van der Waals surface area contributed by atoms with Gasteiger partial charge in [-0.2, -0.15) is 0 Å². The third-order valence-electron chi connectivity index (χ3n) is 3.71. The molecule has 4 heteroatoms. The second-order valence-electron chi connectivity index (χ2n) is 5.12. The van der Waals surface area contributed by atoms with Crippen molar-refractivity contribution in [3.05, 3.63) is 34.3 Å². The summed E-state index contributed by atoms with van der Waals surface area (Å²) in [5.41, 5.74) is 6.19. The van der Waals surface area contributed by atoms with Crippen molar-refractivity contribution in [1.29, 1.82) is 0 Å². The molecule has 2 rings (SSSR count). The van der Waals surface area contributed by atoms with E-state index in [9.17, 15) is 5.11 Å². The van der Waals surface area contributed by atoms with Gasteiger partial charge in [0.25, 0.3) is 0 Å². The van der Waals surface area contributed by atoms with E-state index in [1.54, 1.807) is 0 Å². The van der Waals surface area contributed by atoms with E-state index in [1.165, 1.54) is 5.56 Å². The number of hydrogen-bond acceptors (Lipinski definition) is 3. The molecule has 1 heterocycles. The van der Waals surface area contributed by atoms with E-state index < -0.39 is 5.60 Å². The van der Waals surface area contributed by atoms with Crippen LogP contribution in [-0.2, 0) is 6.42 Å². The molecule has 0 aromatic heterocycles. The first-order chi connectivity index (χ1) is 8.63. The van der Waals surface area contributed by atoms with Crippen LogP contribution >= 0.6 is 15.9 Å². The molecule has 3 nitrogen and oxygen atoms in total. The zero-order valence-electron chi connectivity index (χ0n) is 10.6. The summed E-state index contributed by atoms with van der Waals surface area (Å²) in [7, 11) is 0. The first-order valence-electron chi connectivity index (χ1n) is 6.51. The molecule has 1 aliphatic rings. The van der Waals surface area contributed by atoms with Crippen LogP contribution in [-0.4, -0.2) is 41.8 Å². The largest absolute Gasteiger partial charge is 0.389 e. The number of piperidine rings is 1. The fourth-order valence-corrected chi connectivity index (χ4v) is 2.97. The summed E-state index contributed by atoms with van der Waals surface area (Å²) < 4.78 is 1.09. The Bertz CT molecular complexity index is 389. The van der Waals surface area contributed by atoms with Gasteiger partial charge in [0.15, 0.2) is 0 Å². The van der Waals surface area contributed by atoms with E-state index in [-0.39, 0.29) is 0 Å². The lowest BCUT2D eigenvalue weighted by Crippen LogP contribution is -2.46. The third-order valence-corrected chi connectivity index (χ3v) is 4.48. The van der Waals surface area contributed by atoms with Crippen molar-refractivity contribution in [3.63, 3.8) is 0 Å². The smallest absolute Gasteiger partial charge is 0.0712 e. The average Bonchev–Trinajstić information content (AvgIpc) is 2.36. The monoisotopic (exact) mass is 312 g/mol. The molecule has 1 aliphatic heterocycles. The van der Waals surface area contributed by atoms with Gasteiger partial charge in [0, 0.05) is 37.1 Å². The molecule has 0 unspecified atom stereocenters. The summed E-state index contributed by atoms with van der Waals surface area (Å²) in [6.07, 6.45) is 2.38. The van der Waals surface area contributed by atoms with Crippen molar-refractivity contribution in [3.8, 4) is 0 Å². The average molecular weight is 313 g/mol. The highest BCUT2D eigenvalue weighted by Gasteiger charge is 2.32. The zero-order chi connectivity index (χ0) is 13.0. The van der Waals surface area contributed by atoms with Gasteiger partial charge in [0.2, 0.25) is 0 Å². The number of rotatable bonds is 4. The van der Waals surface area contributed by atoms with Gasteiger partial charge in [0.1, 0.15) is 0 Å². The molecule has 0 bridgehead atoms. The maximum absolute atomic E-state index is 10.7. The van der Waals surface area contributed by atoms with Crippen LogP contribution in [0, 0.1) is 0 Å². The molecule has 1 aromatic carbocycles. The van der Waals surface area contributed by atoms with Gasteiger partial charge < -0.3 is 15.7 Å². The Labute approximate surface area is 117 Å². The van der Waals surface area contributed by atoms with Crippen molar-refractivity contribution in [2.45, 2.75) is 24.9 Å². The molecule has 3 N–H and O–H groups in total. The number of benzene rings is 1. The predicted molar refractivity (Wildman–Crippen MR) is 77.5 cm³/mol. The molecule has 100 valence electrons. The number of nitrogens with two attached hydrogens (primary N) is 1. The Balaban J connectivity index is 1.96. The molecule has 0 spiro atoms. The lowest BCUT2D eigenvalue weighted by atomic mass is 9.85. The van der Waals surface area contributed by atoms with E-state index >= 15 is 0 Å². The minimum absolute atomic E-state index is 0.561. The van der Waals surface area contributed by atoms with E-state index in [0.29, 0.717) is 6.54 Å². The Morgan fingerprint density at radius 2 is 1.94 bits per heavy atom. The SMILES string of the molecule is NCCN1CCC(O)(Cc2ccccc2Br)CC1. The third kappa shape index (κ3) is 3.54. The normalized spacial score (nSPS) is 19.9. The van der Waals surface area contributed by atoms with E-state index in [0.717, 1.165) is 43.4 Å². The van der Waals surface area contributed by atoms with Gasteiger partial charge in [0.05, 0.1) is 5.60 Å². The number of halogens is 1. The van der Waals surface area contributed by atoms with Gasteiger partial charge >= 0.3 is 0 Å². The van der Waals surface area contributed by atoms with Crippen LogP contribution in [0.3, 0.4) is 0 Å². The number of likely N-dealkylation sites (tertiary alicyclic amines) is 1. The predicted octanol–water partition coefficient (Wildman–Crippen LogP) is 1.78. The minimum atomic E-state index is -0.561. The fourth-order valence-electron chi connectivity index (χ4n) is 2.55. The number of nitrogens with zero attached hydrogens (tertiary/aromatic N) is 1. The van der Waals surface area contributed by atoms with Gasteiger partial charge in [-0.3, -0.25) is 0 Å². The Kier molecular flexibility index (Phi) is 4.78. The summed E-state index contributed by atoms with van der Waals surface area (Å²) in [4.78, 5) is 2.33. The molecule has 0 radical (unpaired) electrons. The first kappa shape index (κ1) is 14.0. The van der Waals surface area contributed by atoms with Gasteiger partial charge in [-0.05, 0) is 24.5 Å². The molecule has 0 amide bonds. The zero-order valence-corrected chi connectivity index (χ0v) is 12.2. The summed E-state index contributed by atoms with van der Waals surface area (Å²) >= 11 is 3.55. The van der Waals surface area contributed by atoms with Gasteiger partial charge in [-0.1, -0.05) is 34.1 Å². The van der Waals surface area contributed by atoms with Crippen molar-refractivity contribution in [2.24, 2.45) is 5.73 Å². The standard InChI is InChI=1S/C14H21BrN2O/c15-13-4-2-1-3-12(13)11-14(18)5-8-17(9-6-14)10-7-16/h1-4,18H,5-11,16H2.